The highest BCUT2D eigenvalue weighted by molar-refractivity contribution is 9.10. The number of methoxy groups -OCH3 is 1. The highest BCUT2D eigenvalue weighted by Crippen LogP contribution is 2.19. The van der Waals surface area contributed by atoms with Gasteiger partial charge in [0.05, 0.1) is 18.8 Å². The third kappa shape index (κ3) is 5.61. The van der Waals surface area contributed by atoms with Gasteiger partial charge in [-0.3, -0.25) is 9.59 Å². The first-order valence-corrected chi connectivity index (χ1v) is 7.41. The summed E-state index contributed by atoms with van der Waals surface area (Å²) in [6.07, 6.45) is 1.49. The van der Waals surface area contributed by atoms with Gasteiger partial charge in [-0.2, -0.15) is 0 Å². The zero-order chi connectivity index (χ0) is 15.8. The lowest BCUT2D eigenvalue weighted by Gasteiger charge is -2.21. The van der Waals surface area contributed by atoms with Crippen LogP contribution in [0.5, 0.6) is 0 Å². The number of rotatable bonds is 7. The van der Waals surface area contributed by atoms with E-state index in [4.69, 9.17) is 21.1 Å². The van der Waals surface area contributed by atoms with E-state index in [1.807, 2.05) is 0 Å². The van der Waals surface area contributed by atoms with Crippen LogP contribution >= 0.6 is 27.5 Å². The summed E-state index contributed by atoms with van der Waals surface area (Å²) in [5, 5.41) is 0.0782. The minimum atomic E-state index is -0.485. The van der Waals surface area contributed by atoms with E-state index in [1.165, 1.54) is 18.2 Å². The highest BCUT2D eigenvalue weighted by Gasteiger charge is 2.22. The Morgan fingerprint density at radius 3 is 2.81 bits per heavy atom. The van der Waals surface area contributed by atoms with Gasteiger partial charge in [-0.25, -0.2) is 4.98 Å². The molecular formula is C13H16BrClN2O4. The number of nitrogens with zero attached hydrogens (tertiary/aromatic N) is 2. The summed E-state index contributed by atoms with van der Waals surface area (Å²) in [7, 11) is 1.51. The first-order valence-electron chi connectivity index (χ1n) is 6.24. The zero-order valence-electron chi connectivity index (χ0n) is 11.8. The van der Waals surface area contributed by atoms with Gasteiger partial charge in [0.1, 0.15) is 11.7 Å². The van der Waals surface area contributed by atoms with Crippen LogP contribution in [0.3, 0.4) is 0 Å². The molecule has 6 nitrogen and oxygen atoms in total. The topological polar surface area (TPSA) is 68.7 Å². The summed E-state index contributed by atoms with van der Waals surface area (Å²) in [4.78, 5) is 29.3. The van der Waals surface area contributed by atoms with Crippen LogP contribution < -0.4 is 0 Å². The molecule has 1 aromatic heterocycles. The Morgan fingerprint density at radius 1 is 1.48 bits per heavy atom. The first kappa shape index (κ1) is 17.9. The summed E-state index contributed by atoms with van der Waals surface area (Å²) in [5.41, 5.74) is 0.214. The van der Waals surface area contributed by atoms with Crippen LogP contribution in [0.4, 0.5) is 0 Å². The molecule has 0 radical (unpaired) electrons. The van der Waals surface area contributed by atoms with E-state index >= 15 is 0 Å². The van der Waals surface area contributed by atoms with Crippen molar-refractivity contribution in [2.45, 2.75) is 6.92 Å². The molecule has 8 heteroatoms. The monoisotopic (exact) mass is 378 g/mol. The lowest BCUT2D eigenvalue weighted by Crippen LogP contribution is -2.39. The van der Waals surface area contributed by atoms with E-state index < -0.39 is 11.9 Å². The molecule has 0 aliphatic carbocycles. The molecule has 1 heterocycles. The molecule has 0 aromatic carbocycles. The summed E-state index contributed by atoms with van der Waals surface area (Å²) < 4.78 is 10.4. The Labute approximate surface area is 136 Å². The molecule has 1 aromatic rings. The van der Waals surface area contributed by atoms with Crippen molar-refractivity contribution in [1.82, 2.24) is 9.88 Å². The Bertz CT molecular complexity index is 513. The van der Waals surface area contributed by atoms with Crippen molar-refractivity contribution < 1.29 is 19.1 Å². The molecule has 116 valence electrons. The van der Waals surface area contributed by atoms with Gasteiger partial charge in [0, 0.05) is 24.3 Å². The summed E-state index contributed by atoms with van der Waals surface area (Å²) in [6.45, 7) is 2.33. The fraction of sp³-hybridized carbons (Fsp3) is 0.462. The summed E-state index contributed by atoms with van der Waals surface area (Å²) in [5.74, 6) is -0.889. The SMILES string of the molecule is CCOC(=O)CN(CCOC)C(=O)c1cc(Br)cnc1Cl. The third-order valence-corrected chi connectivity index (χ3v) is 3.25. The molecule has 1 amide bonds. The van der Waals surface area contributed by atoms with Crippen LogP contribution in [0.2, 0.25) is 5.15 Å². The minimum Gasteiger partial charge on any atom is -0.465 e. The van der Waals surface area contributed by atoms with Gasteiger partial charge in [-0.15, -0.1) is 0 Å². The number of ether oxygens (including phenoxy) is 2. The van der Waals surface area contributed by atoms with Crippen LogP contribution in [0.15, 0.2) is 16.7 Å². The van der Waals surface area contributed by atoms with Crippen molar-refractivity contribution >= 4 is 39.4 Å². The van der Waals surface area contributed by atoms with Crippen molar-refractivity contribution in [2.24, 2.45) is 0 Å². The Morgan fingerprint density at radius 2 is 2.19 bits per heavy atom. The number of amides is 1. The van der Waals surface area contributed by atoms with E-state index in [9.17, 15) is 9.59 Å². The van der Waals surface area contributed by atoms with E-state index in [-0.39, 0.29) is 30.4 Å². The normalized spacial score (nSPS) is 10.3. The van der Waals surface area contributed by atoms with Crippen LogP contribution in [0.25, 0.3) is 0 Å². The second kappa shape index (κ2) is 8.96. The van der Waals surface area contributed by atoms with E-state index in [2.05, 4.69) is 20.9 Å². The predicted octanol–water partition coefficient (Wildman–Crippen LogP) is 2.15. The number of esters is 1. The fourth-order valence-corrected chi connectivity index (χ4v) is 2.07. The highest BCUT2D eigenvalue weighted by atomic mass is 79.9. The quantitative estimate of drug-likeness (QED) is 0.536. The summed E-state index contributed by atoms with van der Waals surface area (Å²) >= 11 is 9.17. The average Bonchev–Trinajstić information content (AvgIpc) is 2.45. The predicted molar refractivity (Wildman–Crippen MR) is 81.4 cm³/mol. The van der Waals surface area contributed by atoms with E-state index in [1.54, 1.807) is 13.0 Å². The number of carbonyl (C=O) groups excluding carboxylic acids is 2. The smallest absolute Gasteiger partial charge is 0.325 e. The second-order valence-corrected chi connectivity index (χ2v) is 5.29. The molecule has 0 atom stereocenters. The van der Waals surface area contributed by atoms with Crippen molar-refractivity contribution in [3.8, 4) is 0 Å². The Kier molecular flexibility index (Phi) is 7.63. The van der Waals surface area contributed by atoms with Gasteiger partial charge >= 0.3 is 5.97 Å². The van der Waals surface area contributed by atoms with Crippen molar-refractivity contribution in [1.29, 1.82) is 0 Å². The lowest BCUT2D eigenvalue weighted by atomic mass is 10.2. The molecule has 0 aliphatic heterocycles. The lowest BCUT2D eigenvalue weighted by molar-refractivity contribution is -0.143. The fourth-order valence-electron chi connectivity index (χ4n) is 1.56. The zero-order valence-corrected chi connectivity index (χ0v) is 14.1. The van der Waals surface area contributed by atoms with Gasteiger partial charge in [-0.05, 0) is 28.9 Å². The molecule has 1 rings (SSSR count). The molecule has 0 spiro atoms. The Balaban J connectivity index is 2.92. The molecule has 0 saturated carbocycles. The number of hydrogen-bond donors (Lipinski definition) is 0. The van der Waals surface area contributed by atoms with Gasteiger partial charge in [0.2, 0.25) is 0 Å². The number of aromatic nitrogens is 1. The van der Waals surface area contributed by atoms with E-state index in [0.29, 0.717) is 11.1 Å². The van der Waals surface area contributed by atoms with Gasteiger partial charge in [0.25, 0.3) is 5.91 Å². The molecule has 0 fully saturated rings. The third-order valence-electron chi connectivity index (χ3n) is 2.51. The Hall–Kier alpha value is -1.18. The van der Waals surface area contributed by atoms with E-state index in [0.717, 1.165) is 0 Å². The maximum atomic E-state index is 12.5. The maximum Gasteiger partial charge on any atom is 0.325 e. The largest absolute Gasteiger partial charge is 0.465 e. The van der Waals surface area contributed by atoms with Gasteiger partial charge < -0.3 is 14.4 Å². The molecular weight excluding hydrogens is 364 g/mol. The first-order chi connectivity index (χ1) is 9.99. The molecule has 0 N–H and O–H groups in total. The van der Waals surface area contributed by atoms with Gasteiger partial charge in [0.15, 0.2) is 0 Å². The molecule has 0 bridgehead atoms. The van der Waals surface area contributed by atoms with Crippen molar-refractivity contribution in [3.63, 3.8) is 0 Å². The second-order valence-electron chi connectivity index (χ2n) is 4.02. The van der Waals surface area contributed by atoms with Crippen LogP contribution in [-0.2, 0) is 14.3 Å². The van der Waals surface area contributed by atoms with Crippen molar-refractivity contribution in [2.75, 3.05) is 33.4 Å². The standard InChI is InChI=1S/C13H16BrClN2O4/c1-3-21-11(18)8-17(4-5-20-2)13(19)10-6-9(14)7-16-12(10)15/h6-7H,3-5,8H2,1-2H3. The molecule has 0 aliphatic rings. The minimum absolute atomic E-state index is 0.0782. The summed E-state index contributed by atoms with van der Waals surface area (Å²) in [6, 6.07) is 1.56. The number of halogens is 2. The average molecular weight is 380 g/mol. The number of pyridine rings is 1. The molecule has 0 saturated heterocycles. The van der Waals surface area contributed by atoms with Gasteiger partial charge in [-0.1, -0.05) is 11.6 Å². The van der Waals surface area contributed by atoms with Crippen LogP contribution in [-0.4, -0.2) is 55.2 Å². The van der Waals surface area contributed by atoms with Crippen LogP contribution in [0, 0.1) is 0 Å². The van der Waals surface area contributed by atoms with Crippen LogP contribution in [0.1, 0.15) is 17.3 Å². The number of carbonyl (C=O) groups is 2. The number of hydrogen-bond acceptors (Lipinski definition) is 5. The van der Waals surface area contributed by atoms with Crippen molar-refractivity contribution in [3.05, 3.63) is 27.5 Å². The molecule has 21 heavy (non-hydrogen) atoms. The molecule has 0 unspecified atom stereocenters. The maximum absolute atomic E-state index is 12.5.